The van der Waals surface area contributed by atoms with Gasteiger partial charge in [0.25, 0.3) is 0 Å². The molecule has 0 aromatic carbocycles. The first-order valence-corrected chi connectivity index (χ1v) is 6.40. The maximum Gasteiger partial charge on any atom is 0.156 e. The van der Waals surface area contributed by atoms with E-state index in [1.165, 1.54) is 11.8 Å². The van der Waals surface area contributed by atoms with Crippen molar-refractivity contribution in [2.45, 2.75) is 36.9 Å². The van der Waals surface area contributed by atoms with Crippen LogP contribution in [0.3, 0.4) is 0 Å². The number of amidine groups is 1. The number of aliphatic imine (C=N–C) groups is 1. The Hall–Kier alpha value is -0.300. The Bertz CT molecular complexity index is 238. The first-order valence-electron chi connectivity index (χ1n) is 5.52. The summed E-state index contributed by atoms with van der Waals surface area (Å²) in [5, 5.41) is 13.3. The summed E-state index contributed by atoms with van der Waals surface area (Å²) in [6, 6.07) is 0. The van der Waals surface area contributed by atoms with Crippen LogP contribution in [0.15, 0.2) is 4.99 Å². The fourth-order valence-corrected chi connectivity index (χ4v) is 2.61. The minimum atomic E-state index is -0.294. The molecule has 0 aliphatic carbocycles. The molecule has 4 N–H and O–H groups in total. The summed E-state index contributed by atoms with van der Waals surface area (Å²) < 4.78 is 5.83. The highest BCUT2D eigenvalue weighted by Crippen LogP contribution is 2.28. The maximum atomic E-state index is 9.74. The van der Waals surface area contributed by atoms with Crippen LogP contribution in [0.1, 0.15) is 19.3 Å². The molecule has 1 aliphatic heterocycles. The molecule has 1 heterocycles. The topological polar surface area (TPSA) is 79.9 Å². The van der Waals surface area contributed by atoms with Gasteiger partial charge in [0.05, 0.1) is 12.2 Å². The predicted octanol–water partition coefficient (Wildman–Crippen LogP) is 0.140. The van der Waals surface area contributed by atoms with E-state index in [4.69, 9.17) is 10.5 Å². The molecule has 0 aromatic heterocycles. The van der Waals surface area contributed by atoms with Gasteiger partial charge in [0, 0.05) is 13.5 Å². The fourth-order valence-electron chi connectivity index (χ4n) is 1.70. The average molecular weight is 247 g/mol. The standard InChI is InChI=1S/C10H21N3O2S/c1-12-4-3-8-5-7(14)6-9(15-8)16-10(11)13-2/h7-9,12,14H,3-6H2,1-2H3,(H2,11,13). The van der Waals surface area contributed by atoms with Crippen molar-refractivity contribution in [3.63, 3.8) is 0 Å². The molecule has 3 unspecified atom stereocenters. The van der Waals surface area contributed by atoms with Crippen molar-refractivity contribution in [1.29, 1.82) is 0 Å². The molecule has 1 saturated heterocycles. The van der Waals surface area contributed by atoms with Gasteiger partial charge in [-0.3, -0.25) is 4.99 Å². The Kier molecular flexibility index (Phi) is 6.12. The van der Waals surface area contributed by atoms with Crippen molar-refractivity contribution in [2.24, 2.45) is 10.7 Å². The summed E-state index contributed by atoms with van der Waals surface area (Å²) in [6.07, 6.45) is 2.06. The quantitative estimate of drug-likeness (QED) is 0.486. The van der Waals surface area contributed by atoms with Crippen molar-refractivity contribution in [1.82, 2.24) is 5.32 Å². The molecule has 5 nitrogen and oxygen atoms in total. The first kappa shape index (κ1) is 13.8. The van der Waals surface area contributed by atoms with E-state index in [0.717, 1.165) is 13.0 Å². The maximum absolute atomic E-state index is 9.74. The van der Waals surface area contributed by atoms with Gasteiger partial charge in [0.15, 0.2) is 5.17 Å². The Balaban J connectivity index is 2.41. The molecule has 0 saturated carbocycles. The van der Waals surface area contributed by atoms with Gasteiger partial charge in [-0.2, -0.15) is 0 Å². The zero-order chi connectivity index (χ0) is 12.0. The Labute approximate surface area is 101 Å². The van der Waals surface area contributed by atoms with Gasteiger partial charge < -0.3 is 20.9 Å². The second kappa shape index (κ2) is 7.11. The lowest BCUT2D eigenvalue weighted by Gasteiger charge is -2.32. The van der Waals surface area contributed by atoms with E-state index in [1.807, 2.05) is 7.05 Å². The normalized spacial score (nSPS) is 31.7. The number of hydrogen-bond acceptors (Lipinski definition) is 5. The van der Waals surface area contributed by atoms with Crippen molar-refractivity contribution in [3.05, 3.63) is 0 Å². The Morgan fingerprint density at radius 3 is 3.00 bits per heavy atom. The van der Waals surface area contributed by atoms with Crippen LogP contribution in [0.4, 0.5) is 0 Å². The third-order valence-electron chi connectivity index (χ3n) is 2.53. The van der Waals surface area contributed by atoms with Crippen molar-refractivity contribution in [2.75, 3.05) is 20.6 Å². The van der Waals surface area contributed by atoms with E-state index in [2.05, 4.69) is 10.3 Å². The van der Waals surface area contributed by atoms with Crippen LogP contribution in [0.25, 0.3) is 0 Å². The second-order valence-electron chi connectivity index (χ2n) is 3.88. The van der Waals surface area contributed by atoms with Crippen LogP contribution in [0.2, 0.25) is 0 Å². The van der Waals surface area contributed by atoms with E-state index in [-0.39, 0.29) is 17.6 Å². The van der Waals surface area contributed by atoms with Crippen LogP contribution >= 0.6 is 11.8 Å². The molecule has 1 rings (SSSR count). The SMILES string of the molecule is CN=C(N)SC1CC(O)CC(CCNC)O1. The highest BCUT2D eigenvalue weighted by atomic mass is 32.2. The highest BCUT2D eigenvalue weighted by molar-refractivity contribution is 8.14. The van der Waals surface area contributed by atoms with Crippen molar-refractivity contribution in [3.8, 4) is 0 Å². The molecule has 16 heavy (non-hydrogen) atoms. The number of rotatable bonds is 4. The van der Waals surface area contributed by atoms with Gasteiger partial charge in [-0.1, -0.05) is 11.8 Å². The van der Waals surface area contributed by atoms with Gasteiger partial charge in [0.1, 0.15) is 5.44 Å². The molecule has 1 aliphatic rings. The lowest BCUT2D eigenvalue weighted by molar-refractivity contribution is -0.0607. The molecule has 0 bridgehead atoms. The molecule has 6 heteroatoms. The monoisotopic (exact) mass is 247 g/mol. The molecule has 0 radical (unpaired) electrons. The molecule has 94 valence electrons. The van der Waals surface area contributed by atoms with E-state index < -0.39 is 0 Å². The summed E-state index contributed by atoms with van der Waals surface area (Å²) in [4.78, 5) is 3.88. The third kappa shape index (κ3) is 4.69. The summed E-state index contributed by atoms with van der Waals surface area (Å²) in [7, 11) is 3.56. The van der Waals surface area contributed by atoms with Crippen LogP contribution in [-0.4, -0.2) is 48.6 Å². The van der Waals surface area contributed by atoms with Crippen LogP contribution in [-0.2, 0) is 4.74 Å². The minimum Gasteiger partial charge on any atom is -0.393 e. The summed E-state index contributed by atoms with van der Waals surface area (Å²) in [6.45, 7) is 0.895. The number of nitrogens with one attached hydrogen (secondary N) is 1. The average Bonchev–Trinajstić information content (AvgIpc) is 2.25. The lowest BCUT2D eigenvalue weighted by Crippen LogP contribution is -2.36. The second-order valence-corrected chi connectivity index (χ2v) is 5.06. The van der Waals surface area contributed by atoms with Gasteiger partial charge >= 0.3 is 0 Å². The number of aliphatic hydroxyl groups excluding tert-OH is 1. The van der Waals surface area contributed by atoms with Gasteiger partial charge in [-0.05, 0) is 26.4 Å². The van der Waals surface area contributed by atoms with Gasteiger partial charge in [-0.15, -0.1) is 0 Å². The lowest BCUT2D eigenvalue weighted by atomic mass is 10.0. The Morgan fingerprint density at radius 2 is 2.38 bits per heavy atom. The van der Waals surface area contributed by atoms with E-state index in [9.17, 15) is 5.11 Å². The number of nitrogens with zero attached hydrogens (tertiary/aromatic N) is 1. The zero-order valence-corrected chi connectivity index (χ0v) is 10.7. The van der Waals surface area contributed by atoms with Crippen LogP contribution < -0.4 is 11.1 Å². The number of hydrogen-bond donors (Lipinski definition) is 3. The molecular weight excluding hydrogens is 226 g/mol. The molecule has 3 atom stereocenters. The number of aliphatic hydroxyl groups is 1. The summed E-state index contributed by atoms with van der Waals surface area (Å²) in [5.74, 6) is 0. The van der Waals surface area contributed by atoms with Crippen LogP contribution in [0.5, 0.6) is 0 Å². The molecule has 0 spiro atoms. The molecule has 0 amide bonds. The minimum absolute atomic E-state index is 0.0747. The number of nitrogens with two attached hydrogens (primary N) is 1. The Morgan fingerprint density at radius 1 is 1.62 bits per heavy atom. The van der Waals surface area contributed by atoms with Crippen LogP contribution in [0, 0.1) is 0 Å². The molecule has 0 aromatic rings. The summed E-state index contributed by atoms with van der Waals surface area (Å²) in [5.41, 5.74) is 5.56. The van der Waals surface area contributed by atoms with E-state index >= 15 is 0 Å². The molecular formula is C10H21N3O2S. The van der Waals surface area contributed by atoms with Gasteiger partial charge in [0.2, 0.25) is 0 Å². The van der Waals surface area contributed by atoms with E-state index in [1.54, 1.807) is 7.05 Å². The number of thioether (sulfide) groups is 1. The van der Waals surface area contributed by atoms with Crippen molar-refractivity contribution < 1.29 is 9.84 Å². The predicted molar refractivity (Wildman–Crippen MR) is 67.6 cm³/mol. The van der Waals surface area contributed by atoms with Crippen molar-refractivity contribution >= 4 is 16.9 Å². The fraction of sp³-hybridized carbons (Fsp3) is 0.900. The smallest absolute Gasteiger partial charge is 0.156 e. The largest absolute Gasteiger partial charge is 0.393 e. The molecule has 1 fully saturated rings. The third-order valence-corrected chi connectivity index (χ3v) is 3.52. The van der Waals surface area contributed by atoms with E-state index in [0.29, 0.717) is 18.0 Å². The summed E-state index contributed by atoms with van der Waals surface area (Å²) >= 11 is 1.39. The zero-order valence-electron chi connectivity index (χ0n) is 9.85. The van der Waals surface area contributed by atoms with Gasteiger partial charge in [-0.25, -0.2) is 0 Å². The highest BCUT2D eigenvalue weighted by Gasteiger charge is 2.28. The first-order chi connectivity index (χ1) is 7.65. The number of ether oxygens (including phenoxy) is 1.